The number of carbonyl (C=O) groups is 1. The van der Waals surface area contributed by atoms with Gasteiger partial charge in [-0.1, -0.05) is 6.07 Å². The van der Waals surface area contributed by atoms with Gasteiger partial charge in [-0.2, -0.15) is 0 Å². The molecule has 102 valence electrons. The molecule has 0 aliphatic carbocycles. The van der Waals surface area contributed by atoms with Crippen molar-refractivity contribution in [1.29, 1.82) is 0 Å². The van der Waals surface area contributed by atoms with Crippen LogP contribution in [0.15, 0.2) is 36.4 Å². The minimum atomic E-state index is -0.517. The summed E-state index contributed by atoms with van der Waals surface area (Å²) in [5.74, 6) is -0.888. The molecule has 0 atom stereocenters. The second-order valence-electron chi connectivity index (χ2n) is 4.67. The van der Waals surface area contributed by atoms with Crippen molar-refractivity contribution < 1.29 is 13.9 Å². The van der Waals surface area contributed by atoms with E-state index in [1.54, 1.807) is 12.1 Å². The summed E-state index contributed by atoms with van der Waals surface area (Å²) in [6.45, 7) is 1.07. The van der Waals surface area contributed by atoms with Crippen molar-refractivity contribution in [1.82, 2.24) is 0 Å². The monoisotopic (exact) mass is 272 g/mol. The molecule has 1 aliphatic heterocycles. The van der Waals surface area contributed by atoms with E-state index in [2.05, 4.69) is 5.32 Å². The molecule has 4 nitrogen and oxygen atoms in total. The van der Waals surface area contributed by atoms with Crippen molar-refractivity contribution in [2.75, 3.05) is 11.1 Å². The Morgan fingerprint density at radius 2 is 1.95 bits per heavy atom. The van der Waals surface area contributed by atoms with E-state index in [9.17, 15) is 9.18 Å². The Kier molecular flexibility index (Phi) is 3.12. The Balaban J connectivity index is 1.84. The number of benzene rings is 2. The Bertz CT molecular complexity index is 686. The van der Waals surface area contributed by atoms with E-state index < -0.39 is 5.82 Å². The van der Waals surface area contributed by atoms with E-state index >= 15 is 0 Å². The first-order valence-electron chi connectivity index (χ1n) is 6.19. The molecular formula is C15H13FN2O2. The van der Waals surface area contributed by atoms with E-state index in [4.69, 9.17) is 10.5 Å². The lowest BCUT2D eigenvalue weighted by atomic mass is 10.1. The minimum absolute atomic E-state index is 0.0757. The van der Waals surface area contributed by atoms with Gasteiger partial charge in [-0.15, -0.1) is 0 Å². The number of halogens is 1. The first-order valence-corrected chi connectivity index (χ1v) is 6.19. The maximum Gasteiger partial charge on any atom is 0.255 e. The van der Waals surface area contributed by atoms with Crippen molar-refractivity contribution in [2.45, 2.75) is 13.2 Å². The summed E-state index contributed by atoms with van der Waals surface area (Å²) in [6, 6.07) is 9.38. The van der Waals surface area contributed by atoms with E-state index in [1.807, 2.05) is 6.07 Å². The first kappa shape index (κ1) is 12.6. The van der Waals surface area contributed by atoms with Gasteiger partial charge in [0.15, 0.2) is 0 Å². The maximum atomic E-state index is 13.6. The quantitative estimate of drug-likeness (QED) is 0.826. The van der Waals surface area contributed by atoms with E-state index in [1.165, 1.54) is 18.2 Å². The van der Waals surface area contributed by atoms with Crippen LogP contribution in [0.5, 0.6) is 0 Å². The molecule has 0 spiro atoms. The molecule has 3 N–H and O–H groups in total. The largest absolute Gasteiger partial charge is 0.399 e. The maximum absolute atomic E-state index is 13.6. The summed E-state index contributed by atoms with van der Waals surface area (Å²) in [5.41, 5.74) is 8.59. The molecule has 1 amide bonds. The molecule has 1 aliphatic rings. The normalized spacial score (nSPS) is 13.1. The zero-order valence-corrected chi connectivity index (χ0v) is 10.7. The molecule has 0 unspecified atom stereocenters. The van der Waals surface area contributed by atoms with Gasteiger partial charge < -0.3 is 15.8 Å². The van der Waals surface area contributed by atoms with Gasteiger partial charge in [0.1, 0.15) is 5.82 Å². The Labute approximate surface area is 115 Å². The number of hydrogen-bond acceptors (Lipinski definition) is 3. The number of anilines is 2. The van der Waals surface area contributed by atoms with Crippen molar-refractivity contribution in [2.24, 2.45) is 0 Å². The van der Waals surface area contributed by atoms with Gasteiger partial charge in [0, 0.05) is 11.3 Å². The average Bonchev–Trinajstić information content (AvgIpc) is 2.90. The molecule has 3 rings (SSSR count). The topological polar surface area (TPSA) is 64.3 Å². The van der Waals surface area contributed by atoms with Gasteiger partial charge in [-0.3, -0.25) is 4.79 Å². The smallest absolute Gasteiger partial charge is 0.255 e. The lowest BCUT2D eigenvalue weighted by molar-refractivity contribution is 0.102. The lowest BCUT2D eigenvalue weighted by Crippen LogP contribution is -2.13. The van der Waals surface area contributed by atoms with Gasteiger partial charge in [0.25, 0.3) is 5.91 Å². The van der Waals surface area contributed by atoms with Crippen LogP contribution in [0, 0.1) is 5.82 Å². The molecule has 2 aromatic rings. The fourth-order valence-corrected chi connectivity index (χ4v) is 2.15. The number of fused-ring (bicyclic) bond motifs is 1. The van der Waals surface area contributed by atoms with Crippen LogP contribution in [0.1, 0.15) is 21.5 Å². The number of hydrogen-bond donors (Lipinski definition) is 2. The first-order chi connectivity index (χ1) is 9.63. The van der Waals surface area contributed by atoms with E-state index in [-0.39, 0.29) is 11.6 Å². The summed E-state index contributed by atoms with van der Waals surface area (Å²) in [4.78, 5) is 12.1. The third-order valence-corrected chi connectivity index (χ3v) is 3.22. The van der Waals surface area contributed by atoms with Crippen LogP contribution in [0.25, 0.3) is 0 Å². The van der Waals surface area contributed by atoms with Crippen molar-refractivity contribution in [3.63, 3.8) is 0 Å². The number of carbonyl (C=O) groups excluding carboxylic acids is 1. The van der Waals surface area contributed by atoms with Gasteiger partial charge in [-0.05, 0) is 41.5 Å². The molecule has 0 saturated carbocycles. The SMILES string of the molecule is Nc1ccc(F)c(NC(=O)c2ccc3c(c2)COC3)c1. The highest BCUT2D eigenvalue weighted by Crippen LogP contribution is 2.22. The number of rotatable bonds is 2. The number of nitrogens with two attached hydrogens (primary N) is 1. The molecule has 1 heterocycles. The predicted octanol–water partition coefficient (Wildman–Crippen LogP) is 2.69. The Morgan fingerprint density at radius 3 is 2.80 bits per heavy atom. The highest BCUT2D eigenvalue weighted by atomic mass is 19.1. The van der Waals surface area contributed by atoms with Gasteiger partial charge >= 0.3 is 0 Å². The summed E-state index contributed by atoms with van der Waals surface area (Å²) < 4.78 is 18.9. The van der Waals surface area contributed by atoms with Crippen molar-refractivity contribution >= 4 is 17.3 Å². The van der Waals surface area contributed by atoms with Crippen LogP contribution in [-0.2, 0) is 18.0 Å². The van der Waals surface area contributed by atoms with Crippen LogP contribution in [0.3, 0.4) is 0 Å². The second-order valence-corrected chi connectivity index (χ2v) is 4.67. The average molecular weight is 272 g/mol. The van der Waals surface area contributed by atoms with Gasteiger partial charge in [0.2, 0.25) is 0 Å². The van der Waals surface area contributed by atoms with Crippen molar-refractivity contribution in [3.8, 4) is 0 Å². The highest BCUT2D eigenvalue weighted by Gasteiger charge is 2.15. The summed E-state index contributed by atoms with van der Waals surface area (Å²) in [6.07, 6.45) is 0. The summed E-state index contributed by atoms with van der Waals surface area (Å²) >= 11 is 0. The molecular weight excluding hydrogens is 259 g/mol. The molecule has 5 heteroatoms. The fraction of sp³-hybridized carbons (Fsp3) is 0.133. The number of ether oxygens (including phenoxy) is 1. The van der Waals surface area contributed by atoms with Crippen LogP contribution < -0.4 is 11.1 Å². The van der Waals surface area contributed by atoms with Crippen molar-refractivity contribution in [3.05, 3.63) is 58.9 Å². The lowest BCUT2D eigenvalue weighted by Gasteiger charge is -2.08. The Hall–Kier alpha value is -2.40. The molecule has 0 radical (unpaired) electrons. The third kappa shape index (κ3) is 2.35. The van der Waals surface area contributed by atoms with E-state index in [0.29, 0.717) is 24.5 Å². The third-order valence-electron chi connectivity index (χ3n) is 3.22. The molecule has 20 heavy (non-hydrogen) atoms. The number of nitrogen functional groups attached to an aromatic ring is 1. The van der Waals surface area contributed by atoms with Crippen LogP contribution in [0.2, 0.25) is 0 Å². The zero-order valence-electron chi connectivity index (χ0n) is 10.7. The van der Waals surface area contributed by atoms with Gasteiger partial charge in [0.05, 0.1) is 18.9 Å². The van der Waals surface area contributed by atoms with Crippen LogP contribution >= 0.6 is 0 Å². The van der Waals surface area contributed by atoms with Gasteiger partial charge in [-0.25, -0.2) is 4.39 Å². The molecule has 0 bridgehead atoms. The molecule has 0 fully saturated rings. The predicted molar refractivity (Wildman–Crippen MR) is 73.7 cm³/mol. The van der Waals surface area contributed by atoms with Crippen LogP contribution in [-0.4, -0.2) is 5.91 Å². The molecule has 0 aromatic heterocycles. The zero-order chi connectivity index (χ0) is 14.1. The molecule has 2 aromatic carbocycles. The molecule has 0 saturated heterocycles. The summed E-state index contributed by atoms with van der Waals surface area (Å²) in [7, 11) is 0. The Morgan fingerprint density at radius 1 is 1.15 bits per heavy atom. The standard InChI is InChI=1S/C15H13FN2O2/c16-13-4-3-12(17)6-14(13)18-15(19)9-1-2-10-7-20-8-11(10)5-9/h1-6H,7-8,17H2,(H,18,19). The van der Waals surface area contributed by atoms with E-state index in [0.717, 1.165) is 11.1 Å². The highest BCUT2D eigenvalue weighted by molar-refractivity contribution is 6.04. The summed E-state index contributed by atoms with van der Waals surface area (Å²) in [5, 5.41) is 2.52. The van der Waals surface area contributed by atoms with Crippen LogP contribution in [0.4, 0.5) is 15.8 Å². The minimum Gasteiger partial charge on any atom is -0.399 e. The second kappa shape index (κ2) is 4.94. The number of nitrogens with one attached hydrogen (secondary N) is 1. The fourth-order valence-electron chi connectivity index (χ4n) is 2.15. The number of amides is 1.